The smallest absolute Gasteiger partial charge is 0.375 e. The fraction of sp³-hybridized carbons (Fsp3) is 0.182. The second-order valence-corrected chi connectivity index (χ2v) is 3.94. The number of nitrogen functional groups attached to an aromatic ring is 1. The average Bonchev–Trinajstić information content (AvgIpc) is 2.77. The first-order chi connectivity index (χ1) is 8.60. The summed E-state index contributed by atoms with van der Waals surface area (Å²) in [6.07, 6.45) is 0. The van der Waals surface area contributed by atoms with Crippen LogP contribution in [0.15, 0.2) is 18.2 Å². The van der Waals surface area contributed by atoms with Crippen LogP contribution in [0, 0.1) is 0 Å². The van der Waals surface area contributed by atoms with Gasteiger partial charge in [0, 0.05) is 16.3 Å². The highest BCUT2D eigenvalue weighted by atomic mass is 35.5. The lowest BCUT2D eigenvalue weighted by molar-refractivity contribution is 0.0512. The highest BCUT2D eigenvalue weighted by molar-refractivity contribution is 6.31. The molecular formula is C11H11ClN4O2. The normalized spacial score (nSPS) is 10.3. The molecule has 0 fully saturated rings. The summed E-state index contributed by atoms with van der Waals surface area (Å²) in [5.74, 6) is -0.163. The molecular weight excluding hydrogens is 256 g/mol. The van der Waals surface area contributed by atoms with Crippen molar-refractivity contribution in [3.63, 3.8) is 0 Å². The number of anilines is 1. The fourth-order valence-electron chi connectivity index (χ4n) is 1.42. The Morgan fingerprint density at radius 1 is 1.50 bits per heavy atom. The quantitative estimate of drug-likeness (QED) is 0.653. The summed E-state index contributed by atoms with van der Waals surface area (Å²) in [4.78, 5) is 15.4. The van der Waals surface area contributed by atoms with Gasteiger partial charge in [-0.25, -0.2) is 9.78 Å². The Hall–Kier alpha value is -2.08. The van der Waals surface area contributed by atoms with E-state index >= 15 is 0 Å². The summed E-state index contributed by atoms with van der Waals surface area (Å²) in [5, 5.41) is 6.91. The molecule has 1 aromatic heterocycles. The van der Waals surface area contributed by atoms with Crippen LogP contribution in [0.3, 0.4) is 0 Å². The van der Waals surface area contributed by atoms with Gasteiger partial charge in [-0.3, -0.25) is 5.10 Å². The van der Waals surface area contributed by atoms with E-state index in [1.807, 2.05) is 0 Å². The molecule has 6 nitrogen and oxygen atoms in total. The Kier molecular flexibility index (Phi) is 3.47. The Balaban J connectivity index is 2.32. The highest BCUT2D eigenvalue weighted by Crippen LogP contribution is 2.23. The summed E-state index contributed by atoms with van der Waals surface area (Å²) in [6.45, 7) is 1.99. The topological polar surface area (TPSA) is 93.9 Å². The highest BCUT2D eigenvalue weighted by Gasteiger charge is 2.14. The molecule has 0 atom stereocenters. The van der Waals surface area contributed by atoms with E-state index in [-0.39, 0.29) is 12.4 Å². The third kappa shape index (κ3) is 2.60. The number of nitrogens with two attached hydrogens (primary N) is 1. The first kappa shape index (κ1) is 12.4. The van der Waals surface area contributed by atoms with E-state index in [1.54, 1.807) is 25.1 Å². The standard InChI is InChI=1S/C11H11ClN4O2/c1-2-18-11(17)10-14-9(15-16-10)6-3-7(12)5-8(13)4-6/h3-5H,2,13H2,1H3,(H,14,15,16). The summed E-state index contributed by atoms with van der Waals surface area (Å²) in [6, 6.07) is 4.95. The molecule has 7 heteroatoms. The Morgan fingerprint density at radius 2 is 2.28 bits per heavy atom. The zero-order valence-corrected chi connectivity index (χ0v) is 10.4. The number of aromatic amines is 1. The second kappa shape index (κ2) is 5.05. The van der Waals surface area contributed by atoms with Crippen LogP contribution in [0.2, 0.25) is 5.02 Å². The third-order valence-corrected chi connectivity index (χ3v) is 2.35. The minimum absolute atomic E-state index is 0.0467. The van der Waals surface area contributed by atoms with Gasteiger partial charge in [0.25, 0.3) is 0 Å². The molecule has 18 heavy (non-hydrogen) atoms. The number of halogens is 1. The van der Waals surface area contributed by atoms with Crippen LogP contribution in [0.5, 0.6) is 0 Å². The van der Waals surface area contributed by atoms with E-state index in [4.69, 9.17) is 22.1 Å². The van der Waals surface area contributed by atoms with E-state index in [1.165, 1.54) is 0 Å². The van der Waals surface area contributed by atoms with E-state index in [0.717, 1.165) is 0 Å². The molecule has 0 spiro atoms. The molecule has 0 aliphatic rings. The minimum Gasteiger partial charge on any atom is -0.460 e. The van der Waals surface area contributed by atoms with E-state index in [0.29, 0.717) is 22.1 Å². The molecule has 0 aliphatic carbocycles. The van der Waals surface area contributed by atoms with E-state index in [9.17, 15) is 4.79 Å². The van der Waals surface area contributed by atoms with E-state index < -0.39 is 5.97 Å². The number of aromatic nitrogens is 3. The summed E-state index contributed by atoms with van der Waals surface area (Å²) >= 11 is 5.88. The predicted octanol–water partition coefficient (Wildman–Crippen LogP) is 1.88. The number of hydrogen-bond donors (Lipinski definition) is 2. The number of hydrogen-bond acceptors (Lipinski definition) is 5. The van der Waals surface area contributed by atoms with Gasteiger partial charge >= 0.3 is 5.97 Å². The fourth-order valence-corrected chi connectivity index (χ4v) is 1.67. The van der Waals surface area contributed by atoms with E-state index in [2.05, 4.69) is 15.2 Å². The van der Waals surface area contributed by atoms with Crippen molar-refractivity contribution in [1.82, 2.24) is 15.2 Å². The second-order valence-electron chi connectivity index (χ2n) is 3.50. The lowest BCUT2D eigenvalue weighted by Crippen LogP contribution is -2.06. The first-order valence-corrected chi connectivity index (χ1v) is 5.64. The Morgan fingerprint density at radius 3 is 2.94 bits per heavy atom. The maximum Gasteiger partial charge on any atom is 0.375 e. The molecule has 2 rings (SSSR count). The molecule has 2 aromatic rings. The molecule has 94 valence electrons. The van der Waals surface area contributed by atoms with Crippen molar-refractivity contribution >= 4 is 23.3 Å². The van der Waals surface area contributed by atoms with Crippen LogP contribution in [0.25, 0.3) is 11.4 Å². The summed E-state index contributed by atoms with van der Waals surface area (Å²) < 4.78 is 4.80. The van der Waals surface area contributed by atoms with Crippen molar-refractivity contribution in [1.29, 1.82) is 0 Å². The largest absolute Gasteiger partial charge is 0.460 e. The molecule has 3 N–H and O–H groups in total. The molecule has 0 saturated heterocycles. The third-order valence-electron chi connectivity index (χ3n) is 2.13. The van der Waals surface area contributed by atoms with Crippen molar-refractivity contribution in [3.05, 3.63) is 29.0 Å². The van der Waals surface area contributed by atoms with Crippen molar-refractivity contribution in [2.75, 3.05) is 12.3 Å². The van der Waals surface area contributed by atoms with Gasteiger partial charge in [0.05, 0.1) is 6.61 Å². The number of carbonyl (C=O) groups excluding carboxylic acids is 1. The molecule has 1 heterocycles. The predicted molar refractivity (Wildman–Crippen MR) is 67.2 cm³/mol. The maximum atomic E-state index is 11.4. The van der Waals surface area contributed by atoms with Gasteiger partial charge in [0.2, 0.25) is 5.82 Å². The number of ether oxygens (including phenoxy) is 1. The van der Waals surface area contributed by atoms with Crippen LogP contribution >= 0.6 is 11.6 Å². The Labute approximate surface area is 108 Å². The number of nitrogens with one attached hydrogen (secondary N) is 1. The number of benzene rings is 1. The minimum atomic E-state index is -0.550. The molecule has 0 unspecified atom stereocenters. The SMILES string of the molecule is CCOC(=O)c1nc(-c2cc(N)cc(Cl)c2)n[nH]1. The lowest BCUT2D eigenvalue weighted by Gasteiger charge is -1.99. The van der Waals surface area contributed by atoms with Gasteiger partial charge in [-0.15, -0.1) is 0 Å². The van der Waals surface area contributed by atoms with Gasteiger partial charge in [-0.2, -0.15) is 5.10 Å². The maximum absolute atomic E-state index is 11.4. The van der Waals surface area contributed by atoms with Crippen LogP contribution in [0.4, 0.5) is 5.69 Å². The van der Waals surface area contributed by atoms with Crippen LogP contribution in [-0.4, -0.2) is 27.8 Å². The van der Waals surface area contributed by atoms with Crippen molar-refractivity contribution in [2.24, 2.45) is 0 Å². The monoisotopic (exact) mass is 266 g/mol. The number of H-pyrrole nitrogens is 1. The molecule has 0 amide bonds. The van der Waals surface area contributed by atoms with Gasteiger partial charge < -0.3 is 10.5 Å². The molecule has 0 bridgehead atoms. The van der Waals surface area contributed by atoms with Gasteiger partial charge in [-0.05, 0) is 25.1 Å². The zero-order valence-electron chi connectivity index (χ0n) is 9.61. The van der Waals surface area contributed by atoms with Crippen molar-refractivity contribution < 1.29 is 9.53 Å². The van der Waals surface area contributed by atoms with Gasteiger partial charge in [0.1, 0.15) is 0 Å². The van der Waals surface area contributed by atoms with Crippen molar-refractivity contribution in [2.45, 2.75) is 6.92 Å². The first-order valence-electron chi connectivity index (χ1n) is 5.26. The number of carbonyl (C=O) groups is 1. The summed E-state index contributed by atoms with van der Waals surface area (Å²) in [5.41, 5.74) is 6.80. The zero-order chi connectivity index (χ0) is 13.1. The Bertz CT molecular complexity index is 562. The van der Waals surface area contributed by atoms with Gasteiger partial charge in [-0.1, -0.05) is 11.6 Å². The molecule has 1 aromatic carbocycles. The average molecular weight is 267 g/mol. The number of esters is 1. The van der Waals surface area contributed by atoms with Gasteiger partial charge in [0.15, 0.2) is 5.82 Å². The van der Waals surface area contributed by atoms with Crippen LogP contribution in [0.1, 0.15) is 17.5 Å². The molecule has 0 saturated carbocycles. The van der Waals surface area contributed by atoms with Crippen LogP contribution in [-0.2, 0) is 4.74 Å². The van der Waals surface area contributed by atoms with Crippen LogP contribution < -0.4 is 5.73 Å². The van der Waals surface area contributed by atoms with Crippen molar-refractivity contribution in [3.8, 4) is 11.4 Å². The summed E-state index contributed by atoms with van der Waals surface area (Å²) in [7, 11) is 0. The molecule has 0 radical (unpaired) electrons. The number of rotatable bonds is 3. The number of nitrogens with zero attached hydrogens (tertiary/aromatic N) is 2. The molecule has 0 aliphatic heterocycles. The lowest BCUT2D eigenvalue weighted by atomic mass is 10.2.